The third kappa shape index (κ3) is 1.92. The van der Waals surface area contributed by atoms with E-state index < -0.39 is 0 Å². The molecule has 1 aliphatic heterocycles. The Labute approximate surface area is 116 Å². The van der Waals surface area contributed by atoms with Crippen molar-refractivity contribution >= 4 is 28.6 Å². The molecule has 0 radical (unpaired) electrons. The maximum Gasteiger partial charge on any atom is 0.268 e. The molecule has 0 spiro atoms. The number of rotatable bonds is 1. The molecule has 0 unspecified atom stereocenters. The highest BCUT2D eigenvalue weighted by Gasteiger charge is 2.28. The van der Waals surface area contributed by atoms with Crippen LogP contribution in [0.25, 0.3) is 0 Å². The zero-order valence-corrected chi connectivity index (χ0v) is 11.9. The summed E-state index contributed by atoms with van der Waals surface area (Å²) in [5.41, 5.74) is 9.95. The van der Waals surface area contributed by atoms with Gasteiger partial charge >= 0.3 is 0 Å². The number of carbonyl (C=O) groups excluding carboxylic acids is 1. The van der Waals surface area contributed by atoms with Crippen LogP contribution < -0.4 is 10.6 Å². The van der Waals surface area contributed by atoms with Crippen LogP contribution in [-0.2, 0) is 6.42 Å². The monoisotopic (exact) mass is 272 g/mol. The standard InChI is InChI=1S/C15H16N2OS/c1-9-8-13(19-10(9)2)15(18)17-7-6-11-4-3-5-12(16)14(11)17/h3-5,8H,6-7,16H2,1-2H3. The van der Waals surface area contributed by atoms with Crippen LogP contribution in [0, 0.1) is 13.8 Å². The van der Waals surface area contributed by atoms with Gasteiger partial charge in [0.1, 0.15) is 0 Å². The van der Waals surface area contributed by atoms with Crippen molar-refractivity contribution in [2.24, 2.45) is 0 Å². The molecule has 2 N–H and O–H groups in total. The van der Waals surface area contributed by atoms with E-state index >= 15 is 0 Å². The number of nitrogens with zero attached hydrogens (tertiary/aromatic N) is 1. The molecule has 0 aliphatic carbocycles. The Balaban J connectivity index is 2.00. The van der Waals surface area contributed by atoms with Crippen LogP contribution in [0.5, 0.6) is 0 Å². The summed E-state index contributed by atoms with van der Waals surface area (Å²) in [5, 5.41) is 0. The number of anilines is 2. The first-order chi connectivity index (χ1) is 9.08. The third-order valence-corrected chi connectivity index (χ3v) is 4.79. The van der Waals surface area contributed by atoms with E-state index in [1.807, 2.05) is 43.0 Å². The summed E-state index contributed by atoms with van der Waals surface area (Å²) in [6, 6.07) is 7.82. The average Bonchev–Trinajstić information content (AvgIpc) is 2.94. The lowest BCUT2D eigenvalue weighted by Crippen LogP contribution is -2.28. The van der Waals surface area contributed by atoms with Gasteiger partial charge in [-0.3, -0.25) is 4.79 Å². The highest BCUT2D eigenvalue weighted by atomic mass is 32.1. The second-order valence-corrected chi connectivity index (χ2v) is 6.17. The molecular weight excluding hydrogens is 256 g/mol. The van der Waals surface area contributed by atoms with Gasteiger partial charge in [0.25, 0.3) is 5.91 Å². The number of nitrogen functional groups attached to an aromatic ring is 1. The van der Waals surface area contributed by atoms with Gasteiger partial charge in [0, 0.05) is 11.4 Å². The van der Waals surface area contributed by atoms with Gasteiger partial charge in [0.2, 0.25) is 0 Å². The van der Waals surface area contributed by atoms with E-state index in [-0.39, 0.29) is 5.91 Å². The third-order valence-electron chi connectivity index (χ3n) is 3.65. The van der Waals surface area contributed by atoms with Crippen LogP contribution in [-0.4, -0.2) is 12.5 Å². The van der Waals surface area contributed by atoms with Crippen LogP contribution in [0.1, 0.15) is 25.7 Å². The number of thiophene rings is 1. The molecule has 1 aromatic carbocycles. The average molecular weight is 272 g/mol. The Morgan fingerprint density at radius 1 is 1.37 bits per heavy atom. The number of nitrogens with two attached hydrogens (primary N) is 1. The van der Waals surface area contributed by atoms with Gasteiger partial charge < -0.3 is 10.6 Å². The Kier molecular flexibility index (Phi) is 2.82. The number of hydrogen-bond donors (Lipinski definition) is 1. The molecule has 3 nitrogen and oxygen atoms in total. The Bertz CT molecular complexity index is 641. The second kappa shape index (κ2) is 4.38. The molecule has 3 rings (SSSR count). The van der Waals surface area contributed by atoms with Crippen molar-refractivity contribution < 1.29 is 4.79 Å². The molecule has 2 aromatic rings. The summed E-state index contributed by atoms with van der Waals surface area (Å²) in [6.45, 7) is 4.80. The lowest BCUT2D eigenvalue weighted by molar-refractivity contribution is 0.0993. The van der Waals surface area contributed by atoms with Crippen LogP contribution >= 0.6 is 11.3 Å². The van der Waals surface area contributed by atoms with Crippen molar-refractivity contribution in [2.75, 3.05) is 17.2 Å². The van der Waals surface area contributed by atoms with Crippen molar-refractivity contribution in [2.45, 2.75) is 20.3 Å². The molecule has 19 heavy (non-hydrogen) atoms. The van der Waals surface area contributed by atoms with E-state index in [1.54, 1.807) is 11.3 Å². The largest absolute Gasteiger partial charge is 0.397 e. The molecule has 0 saturated carbocycles. The van der Waals surface area contributed by atoms with Crippen LogP contribution in [0.4, 0.5) is 11.4 Å². The summed E-state index contributed by atoms with van der Waals surface area (Å²) < 4.78 is 0. The van der Waals surface area contributed by atoms with E-state index in [0.29, 0.717) is 5.69 Å². The smallest absolute Gasteiger partial charge is 0.268 e. The zero-order chi connectivity index (χ0) is 13.6. The molecular formula is C15H16N2OS. The number of aryl methyl sites for hydroxylation is 2. The van der Waals surface area contributed by atoms with Gasteiger partial charge in [0.15, 0.2) is 0 Å². The number of carbonyl (C=O) groups is 1. The fourth-order valence-corrected chi connectivity index (χ4v) is 3.48. The van der Waals surface area contributed by atoms with Crippen LogP contribution in [0.15, 0.2) is 24.3 Å². The van der Waals surface area contributed by atoms with E-state index in [1.165, 1.54) is 16.0 Å². The van der Waals surface area contributed by atoms with Crippen molar-refractivity contribution in [1.82, 2.24) is 0 Å². The molecule has 0 bridgehead atoms. The Hall–Kier alpha value is -1.81. The van der Waals surface area contributed by atoms with E-state index in [2.05, 4.69) is 0 Å². The van der Waals surface area contributed by atoms with Crippen LogP contribution in [0.2, 0.25) is 0 Å². The van der Waals surface area contributed by atoms with Crippen molar-refractivity contribution in [1.29, 1.82) is 0 Å². The number of benzene rings is 1. The molecule has 0 saturated heterocycles. The molecule has 0 fully saturated rings. The van der Waals surface area contributed by atoms with E-state index in [4.69, 9.17) is 5.73 Å². The zero-order valence-electron chi connectivity index (χ0n) is 11.1. The summed E-state index contributed by atoms with van der Waals surface area (Å²) in [7, 11) is 0. The Morgan fingerprint density at radius 2 is 2.16 bits per heavy atom. The molecule has 98 valence electrons. The summed E-state index contributed by atoms with van der Waals surface area (Å²) in [5.74, 6) is 0.0675. The number of amides is 1. The number of hydrogen-bond acceptors (Lipinski definition) is 3. The number of fused-ring (bicyclic) bond motifs is 1. The lowest BCUT2D eigenvalue weighted by Gasteiger charge is -2.18. The van der Waals surface area contributed by atoms with Gasteiger partial charge in [-0.2, -0.15) is 0 Å². The van der Waals surface area contributed by atoms with E-state index in [0.717, 1.165) is 23.5 Å². The molecule has 4 heteroatoms. The summed E-state index contributed by atoms with van der Waals surface area (Å²) >= 11 is 1.56. The van der Waals surface area contributed by atoms with Crippen molar-refractivity contribution in [3.05, 3.63) is 45.1 Å². The van der Waals surface area contributed by atoms with Crippen LogP contribution in [0.3, 0.4) is 0 Å². The minimum atomic E-state index is 0.0675. The summed E-state index contributed by atoms with van der Waals surface area (Å²) in [4.78, 5) is 16.4. The lowest BCUT2D eigenvalue weighted by atomic mass is 10.1. The van der Waals surface area contributed by atoms with Gasteiger partial charge in [-0.15, -0.1) is 11.3 Å². The predicted octanol–water partition coefficient (Wildman–Crippen LogP) is 3.15. The number of para-hydroxylation sites is 1. The van der Waals surface area contributed by atoms with Gasteiger partial charge in [-0.25, -0.2) is 0 Å². The quantitative estimate of drug-likeness (QED) is 0.811. The van der Waals surface area contributed by atoms with Gasteiger partial charge in [-0.05, 0) is 43.5 Å². The first kappa shape index (κ1) is 12.2. The topological polar surface area (TPSA) is 46.3 Å². The first-order valence-electron chi connectivity index (χ1n) is 6.34. The second-order valence-electron chi connectivity index (χ2n) is 4.91. The minimum absolute atomic E-state index is 0.0675. The molecule has 1 aromatic heterocycles. The maximum absolute atomic E-state index is 12.6. The molecule has 1 aliphatic rings. The predicted molar refractivity (Wildman–Crippen MR) is 80.0 cm³/mol. The molecule has 0 atom stereocenters. The van der Waals surface area contributed by atoms with E-state index in [9.17, 15) is 4.79 Å². The fraction of sp³-hybridized carbons (Fsp3) is 0.267. The first-order valence-corrected chi connectivity index (χ1v) is 7.16. The fourth-order valence-electron chi connectivity index (χ4n) is 2.50. The molecule has 1 amide bonds. The summed E-state index contributed by atoms with van der Waals surface area (Å²) in [6.07, 6.45) is 0.884. The SMILES string of the molecule is Cc1cc(C(=O)N2CCc3cccc(N)c32)sc1C. The van der Waals surface area contributed by atoms with Crippen molar-refractivity contribution in [3.63, 3.8) is 0 Å². The molecule has 2 heterocycles. The van der Waals surface area contributed by atoms with Crippen molar-refractivity contribution in [3.8, 4) is 0 Å². The maximum atomic E-state index is 12.6. The van der Waals surface area contributed by atoms with Gasteiger partial charge in [-0.1, -0.05) is 12.1 Å². The minimum Gasteiger partial charge on any atom is -0.397 e. The Morgan fingerprint density at radius 3 is 2.84 bits per heavy atom. The normalized spacial score (nSPS) is 13.7. The highest BCUT2D eigenvalue weighted by Crippen LogP contribution is 2.35. The highest BCUT2D eigenvalue weighted by molar-refractivity contribution is 7.14. The van der Waals surface area contributed by atoms with Gasteiger partial charge in [0.05, 0.1) is 16.3 Å².